The molecule has 1 amide bonds. The number of rotatable bonds is 12. The Morgan fingerprint density at radius 1 is 0.976 bits per heavy atom. The molecule has 0 aliphatic heterocycles. The van der Waals surface area contributed by atoms with E-state index in [1.165, 1.54) is 18.7 Å². The molecule has 2 atom stereocenters. The first-order valence-electron chi connectivity index (χ1n) is 13.2. The minimum atomic E-state index is -1.06. The van der Waals surface area contributed by atoms with Crippen LogP contribution in [0.1, 0.15) is 57.1 Å². The number of carboxylic acid groups (broad SMARTS) is 1. The van der Waals surface area contributed by atoms with Gasteiger partial charge in [0, 0.05) is 23.8 Å². The number of hydrogen-bond donors (Lipinski definition) is 2. The van der Waals surface area contributed by atoms with Gasteiger partial charge in [-0.2, -0.15) is 11.8 Å². The van der Waals surface area contributed by atoms with Crippen molar-refractivity contribution in [3.05, 3.63) is 107 Å². The largest absolute Gasteiger partial charge is 0.480 e. The fourth-order valence-corrected chi connectivity index (χ4v) is 5.16. The molecule has 3 aromatic carbocycles. The fourth-order valence-electron chi connectivity index (χ4n) is 4.68. The van der Waals surface area contributed by atoms with E-state index < -0.39 is 24.0 Å². The molecule has 0 bridgehead atoms. The van der Waals surface area contributed by atoms with Crippen molar-refractivity contribution in [1.82, 2.24) is 5.32 Å². The molecule has 0 fully saturated rings. The van der Waals surface area contributed by atoms with Crippen LogP contribution in [0.15, 0.2) is 83.3 Å². The van der Waals surface area contributed by atoms with Crippen LogP contribution >= 0.6 is 11.8 Å². The van der Waals surface area contributed by atoms with Gasteiger partial charge in [-0.25, -0.2) is 4.79 Å². The highest BCUT2D eigenvalue weighted by atomic mass is 32.2. The molecular formula is C33H33NO6S. The number of benzene rings is 3. The molecule has 0 aliphatic carbocycles. The number of furan rings is 1. The second kappa shape index (κ2) is 13.5. The van der Waals surface area contributed by atoms with Gasteiger partial charge in [0.2, 0.25) is 0 Å². The van der Waals surface area contributed by atoms with E-state index in [9.17, 15) is 19.5 Å². The lowest BCUT2D eigenvalue weighted by Crippen LogP contribution is -2.41. The normalized spacial score (nSPS) is 12.5. The zero-order valence-corrected chi connectivity index (χ0v) is 24.3. The Hall–Kier alpha value is -4.14. The van der Waals surface area contributed by atoms with Gasteiger partial charge < -0.3 is 19.6 Å². The predicted molar refractivity (Wildman–Crippen MR) is 162 cm³/mol. The molecule has 0 radical (unpaired) electrons. The number of methoxy groups -OCH3 is 1. The maximum absolute atomic E-state index is 13.4. The third kappa shape index (κ3) is 6.96. The Morgan fingerprint density at radius 3 is 2.34 bits per heavy atom. The number of ketones is 1. The van der Waals surface area contributed by atoms with Gasteiger partial charge in [-0.15, -0.1) is 0 Å². The summed E-state index contributed by atoms with van der Waals surface area (Å²) in [5.41, 5.74) is 5.10. The maximum Gasteiger partial charge on any atom is 0.326 e. The molecule has 4 rings (SSSR count). The van der Waals surface area contributed by atoms with Crippen molar-refractivity contribution in [2.45, 2.75) is 32.4 Å². The average Bonchev–Trinajstić information content (AvgIpc) is 3.45. The maximum atomic E-state index is 13.4. The van der Waals surface area contributed by atoms with E-state index in [2.05, 4.69) is 5.32 Å². The summed E-state index contributed by atoms with van der Waals surface area (Å²) in [4.78, 5) is 36.9. The number of carbonyl (C=O) groups is 3. The molecule has 8 heteroatoms. The van der Waals surface area contributed by atoms with Crippen LogP contribution in [-0.2, 0) is 9.53 Å². The van der Waals surface area contributed by atoms with E-state index in [4.69, 9.17) is 9.15 Å². The molecule has 0 saturated carbocycles. The number of Topliss-reactive ketones (excluding diaryl/α,β-unsaturated/α-hetero) is 1. The second-order valence-corrected chi connectivity index (χ2v) is 10.7. The number of aliphatic carboxylic acids is 1. The van der Waals surface area contributed by atoms with Gasteiger partial charge in [0.05, 0.1) is 0 Å². The van der Waals surface area contributed by atoms with Crippen molar-refractivity contribution >= 4 is 29.4 Å². The highest BCUT2D eigenvalue weighted by Gasteiger charge is 2.25. The highest BCUT2D eigenvalue weighted by molar-refractivity contribution is 7.98. The molecule has 1 aromatic heterocycles. The summed E-state index contributed by atoms with van der Waals surface area (Å²) in [6, 6.07) is 23.1. The molecule has 2 N–H and O–H groups in total. The van der Waals surface area contributed by atoms with Gasteiger partial charge >= 0.3 is 5.97 Å². The molecule has 212 valence electrons. The van der Waals surface area contributed by atoms with Crippen molar-refractivity contribution in [3.63, 3.8) is 0 Å². The molecule has 1 heterocycles. The number of thioether (sulfide) groups is 1. The molecule has 7 nitrogen and oxygen atoms in total. The van der Waals surface area contributed by atoms with Gasteiger partial charge in [0.25, 0.3) is 5.91 Å². The molecule has 41 heavy (non-hydrogen) atoms. The van der Waals surface area contributed by atoms with Gasteiger partial charge in [0.15, 0.2) is 5.78 Å². The number of amides is 1. The van der Waals surface area contributed by atoms with Crippen molar-refractivity contribution in [3.8, 4) is 22.5 Å². The van der Waals surface area contributed by atoms with Crippen LogP contribution < -0.4 is 5.32 Å². The summed E-state index contributed by atoms with van der Waals surface area (Å²) in [5.74, 6) is 0.307. The third-order valence-corrected chi connectivity index (χ3v) is 7.58. The lowest BCUT2D eigenvalue weighted by atomic mass is 9.92. The van der Waals surface area contributed by atoms with E-state index in [0.29, 0.717) is 40.4 Å². The Labute approximate surface area is 243 Å². The minimum absolute atomic E-state index is 0.00356. The number of nitrogens with one attached hydrogen (secondary N) is 1. The van der Waals surface area contributed by atoms with E-state index in [-0.39, 0.29) is 5.78 Å². The number of carbonyl (C=O) groups excluding carboxylic acids is 2. The number of carboxylic acids is 1. The monoisotopic (exact) mass is 571 g/mol. The van der Waals surface area contributed by atoms with Crippen molar-refractivity contribution in [2.24, 2.45) is 0 Å². The van der Waals surface area contributed by atoms with Gasteiger partial charge in [0.1, 0.15) is 23.7 Å². The van der Waals surface area contributed by atoms with Gasteiger partial charge in [-0.1, -0.05) is 54.6 Å². The van der Waals surface area contributed by atoms with Crippen LogP contribution in [0, 0.1) is 6.92 Å². The zero-order valence-electron chi connectivity index (χ0n) is 23.5. The molecule has 0 saturated heterocycles. The second-order valence-electron chi connectivity index (χ2n) is 9.72. The smallest absolute Gasteiger partial charge is 0.326 e. The van der Waals surface area contributed by atoms with Gasteiger partial charge in [-0.05, 0) is 78.8 Å². The first-order valence-corrected chi connectivity index (χ1v) is 14.6. The molecule has 4 aromatic rings. The van der Waals surface area contributed by atoms with E-state index >= 15 is 0 Å². The Morgan fingerprint density at radius 2 is 1.71 bits per heavy atom. The Balaban J connectivity index is 1.71. The van der Waals surface area contributed by atoms with Crippen LogP contribution in [0.3, 0.4) is 0 Å². The topological polar surface area (TPSA) is 106 Å². The number of ether oxygens (including phenoxy) is 1. The molecule has 0 spiro atoms. The first kappa shape index (κ1) is 29.8. The van der Waals surface area contributed by atoms with Crippen LogP contribution in [0.4, 0.5) is 0 Å². The summed E-state index contributed by atoms with van der Waals surface area (Å²) >= 11 is 1.53. The van der Waals surface area contributed by atoms with E-state index in [1.54, 1.807) is 31.4 Å². The van der Waals surface area contributed by atoms with E-state index in [0.717, 1.165) is 22.3 Å². The van der Waals surface area contributed by atoms with Crippen LogP contribution in [-0.4, -0.2) is 47.9 Å². The van der Waals surface area contributed by atoms with E-state index in [1.807, 2.05) is 67.8 Å². The van der Waals surface area contributed by atoms with Crippen molar-refractivity contribution in [1.29, 1.82) is 0 Å². The van der Waals surface area contributed by atoms with Gasteiger partial charge in [-0.3, -0.25) is 9.59 Å². The zero-order chi connectivity index (χ0) is 29.5. The lowest BCUT2D eigenvalue weighted by Gasteiger charge is -2.19. The Kier molecular flexibility index (Phi) is 9.81. The van der Waals surface area contributed by atoms with Crippen molar-refractivity contribution < 1.29 is 28.6 Å². The summed E-state index contributed by atoms with van der Waals surface area (Å²) < 4.78 is 12.0. The van der Waals surface area contributed by atoms with Crippen molar-refractivity contribution in [2.75, 3.05) is 19.1 Å². The quantitative estimate of drug-likeness (QED) is 0.180. The van der Waals surface area contributed by atoms with Crippen LogP contribution in [0.5, 0.6) is 0 Å². The minimum Gasteiger partial charge on any atom is -0.480 e. The summed E-state index contributed by atoms with van der Waals surface area (Å²) in [6.07, 6.45) is 1.66. The summed E-state index contributed by atoms with van der Waals surface area (Å²) in [5, 5.41) is 12.4. The highest BCUT2D eigenvalue weighted by Crippen LogP contribution is 2.35. The van der Waals surface area contributed by atoms with Crippen LogP contribution in [0.2, 0.25) is 0 Å². The standard InChI is InChI=1S/C33H33NO6S/c1-20-7-5-6-8-25(20)27-19-24(13-14-26(27)32(36)34-28(33(37)38)17-18-41-4)31(39-3)30-16-15-29(40-30)23-11-9-22(10-12-23)21(2)35/h5-16,19,28,31H,17-18H2,1-4H3,(H,34,36)(H,37,38). The fraction of sp³-hybridized carbons (Fsp3) is 0.242. The predicted octanol–water partition coefficient (Wildman–Crippen LogP) is 6.80. The molecular weight excluding hydrogens is 538 g/mol. The Bertz CT molecular complexity index is 1540. The SMILES string of the molecule is COC(c1ccc(C(=O)NC(CCSC)C(=O)O)c(-c2ccccc2C)c1)c1ccc(-c2ccc(C(C)=O)cc2)o1. The lowest BCUT2D eigenvalue weighted by molar-refractivity contribution is -0.139. The molecule has 2 unspecified atom stereocenters. The average molecular weight is 572 g/mol. The summed E-state index contributed by atoms with van der Waals surface area (Å²) in [7, 11) is 1.59. The third-order valence-electron chi connectivity index (χ3n) is 6.94. The first-order chi connectivity index (χ1) is 19.7. The molecule has 0 aliphatic rings. The number of aryl methyl sites for hydroxylation is 1. The van der Waals surface area contributed by atoms with Crippen LogP contribution in [0.25, 0.3) is 22.5 Å². The summed E-state index contributed by atoms with van der Waals surface area (Å²) in [6.45, 7) is 3.49. The number of hydrogen-bond acceptors (Lipinski definition) is 6.